The summed E-state index contributed by atoms with van der Waals surface area (Å²) in [6.07, 6.45) is 0.0656. The van der Waals surface area contributed by atoms with Gasteiger partial charge in [0.2, 0.25) is 0 Å². The van der Waals surface area contributed by atoms with Crippen molar-refractivity contribution in [1.29, 1.82) is 0 Å². The van der Waals surface area contributed by atoms with Crippen LogP contribution in [0.3, 0.4) is 0 Å². The van der Waals surface area contributed by atoms with E-state index in [1.807, 2.05) is 32.0 Å². The van der Waals surface area contributed by atoms with Gasteiger partial charge in [0, 0.05) is 6.54 Å². The summed E-state index contributed by atoms with van der Waals surface area (Å²) >= 11 is 0. The number of ether oxygens (including phenoxy) is 2. The van der Waals surface area contributed by atoms with Gasteiger partial charge in [-0.15, -0.1) is 0 Å². The molecule has 4 heteroatoms. The number of aliphatic hydroxyl groups is 1. The summed E-state index contributed by atoms with van der Waals surface area (Å²) in [5, 5.41) is 9.48. The molecule has 0 radical (unpaired) electrons. The second-order valence-electron chi connectivity index (χ2n) is 5.77. The minimum atomic E-state index is -0.494. The van der Waals surface area contributed by atoms with Gasteiger partial charge in [0.15, 0.2) is 5.79 Å². The highest BCUT2D eigenvalue weighted by molar-refractivity contribution is 5.18. The Labute approximate surface area is 113 Å². The number of rotatable bonds is 4. The lowest BCUT2D eigenvalue weighted by atomic mass is 10.2. The molecule has 0 aliphatic carbocycles. The first-order valence-corrected chi connectivity index (χ1v) is 6.83. The summed E-state index contributed by atoms with van der Waals surface area (Å²) in [6.45, 7) is 5.52. The minimum Gasteiger partial charge on any atom is -0.395 e. The van der Waals surface area contributed by atoms with Gasteiger partial charge in [-0.3, -0.25) is 4.90 Å². The summed E-state index contributed by atoms with van der Waals surface area (Å²) in [5.41, 5.74) is 1.27. The first-order valence-electron chi connectivity index (χ1n) is 6.83. The van der Waals surface area contributed by atoms with Crippen molar-refractivity contribution < 1.29 is 14.6 Å². The Kier molecular flexibility index (Phi) is 3.35. The Morgan fingerprint density at radius 1 is 1.32 bits per heavy atom. The first-order chi connectivity index (χ1) is 9.11. The van der Waals surface area contributed by atoms with E-state index in [1.165, 1.54) is 5.56 Å². The van der Waals surface area contributed by atoms with Gasteiger partial charge >= 0.3 is 0 Å². The molecule has 2 aliphatic heterocycles. The third-order valence-electron chi connectivity index (χ3n) is 3.92. The SMILES string of the molecule is CC1(C)OC[C@H]([C@H]2[C@@H](CO)N2Cc2ccccc2)O1. The van der Waals surface area contributed by atoms with Gasteiger partial charge in [-0.25, -0.2) is 0 Å². The lowest BCUT2D eigenvalue weighted by molar-refractivity contribution is -0.139. The zero-order valence-electron chi connectivity index (χ0n) is 11.5. The number of benzene rings is 1. The minimum absolute atomic E-state index is 0.0656. The Balaban J connectivity index is 1.64. The van der Waals surface area contributed by atoms with Crippen LogP contribution in [0.5, 0.6) is 0 Å². The Hall–Kier alpha value is -0.940. The number of hydrogen-bond donors (Lipinski definition) is 1. The molecule has 0 spiro atoms. The van der Waals surface area contributed by atoms with Gasteiger partial charge in [0.05, 0.1) is 25.3 Å². The summed E-state index contributed by atoms with van der Waals surface area (Å²) in [7, 11) is 0. The van der Waals surface area contributed by atoms with Crippen LogP contribution in [0.2, 0.25) is 0 Å². The third kappa shape index (κ3) is 2.67. The highest BCUT2D eigenvalue weighted by Gasteiger charge is 2.55. The van der Waals surface area contributed by atoms with E-state index < -0.39 is 5.79 Å². The average molecular weight is 263 g/mol. The molecular weight excluding hydrogens is 242 g/mol. The molecular formula is C15H21NO3. The number of aliphatic hydroxyl groups excluding tert-OH is 1. The quantitative estimate of drug-likeness (QED) is 0.833. The van der Waals surface area contributed by atoms with E-state index in [-0.39, 0.29) is 24.8 Å². The fourth-order valence-corrected chi connectivity index (χ4v) is 2.93. The second kappa shape index (κ2) is 4.87. The third-order valence-corrected chi connectivity index (χ3v) is 3.92. The molecule has 2 heterocycles. The highest BCUT2D eigenvalue weighted by Crippen LogP contribution is 2.38. The lowest BCUT2D eigenvalue weighted by Gasteiger charge is -2.17. The zero-order chi connectivity index (χ0) is 13.5. The molecule has 1 N–H and O–H groups in total. The van der Waals surface area contributed by atoms with Crippen LogP contribution in [-0.4, -0.2) is 47.2 Å². The number of hydrogen-bond acceptors (Lipinski definition) is 4. The van der Waals surface area contributed by atoms with Gasteiger partial charge in [-0.05, 0) is 19.4 Å². The molecule has 1 aromatic carbocycles. The van der Waals surface area contributed by atoms with Crippen LogP contribution >= 0.6 is 0 Å². The zero-order valence-corrected chi connectivity index (χ0v) is 11.5. The van der Waals surface area contributed by atoms with Gasteiger partial charge in [0.1, 0.15) is 6.10 Å². The van der Waals surface area contributed by atoms with Gasteiger partial charge in [-0.2, -0.15) is 0 Å². The molecule has 2 fully saturated rings. The van der Waals surface area contributed by atoms with Crippen LogP contribution in [0.1, 0.15) is 19.4 Å². The van der Waals surface area contributed by atoms with E-state index >= 15 is 0 Å². The van der Waals surface area contributed by atoms with E-state index in [9.17, 15) is 5.11 Å². The van der Waals surface area contributed by atoms with Crippen LogP contribution < -0.4 is 0 Å². The summed E-state index contributed by atoms with van der Waals surface area (Å²) < 4.78 is 11.5. The predicted molar refractivity (Wildman–Crippen MR) is 71.6 cm³/mol. The summed E-state index contributed by atoms with van der Waals surface area (Å²) in [5.74, 6) is -0.494. The molecule has 1 unspecified atom stereocenters. The molecule has 19 heavy (non-hydrogen) atoms. The van der Waals surface area contributed by atoms with Crippen molar-refractivity contribution in [1.82, 2.24) is 4.90 Å². The van der Waals surface area contributed by atoms with Crippen LogP contribution in [0, 0.1) is 0 Å². The predicted octanol–water partition coefficient (Wildman–Crippen LogP) is 1.38. The van der Waals surface area contributed by atoms with Crippen LogP contribution in [0.15, 0.2) is 30.3 Å². The molecule has 0 saturated carbocycles. The van der Waals surface area contributed by atoms with Crippen molar-refractivity contribution in [3.05, 3.63) is 35.9 Å². The lowest BCUT2D eigenvalue weighted by Crippen LogP contribution is -2.26. The fourth-order valence-electron chi connectivity index (χ4n) is 2.93. The maximum Gasteiger partial charge on any atom is 0.163 e. The molecule has 4 nitrogen and oxygen atoms in total. The molecule has 0 amide bonds. The Bertz CT molecular complexity index is 434. The Morgan fingerprint density at radius 3 is 2.63 bits per heavy atom. The van der Waals surface area contributed by atoms with Crippen molar-refractivity contribution in [3.8, 4) is 0 Å². The standard InChI is InChI=1S/C15H21NO3/c1-15(2)18-10-13(19-15)14-12(9-17)16(14)8-11-6-4-3-5-7-11/h3-7,12-14,17H,8-10H2,1-2H3/t12-,13-,14-,16?/m1/s1. The molecule has 2 saturated heterocycles. The first kappa shape index (κ1) is 13.1. The molecule has 1 aromatic rings. The van der Waals surface area contributed by atoms with E-state index in [4.69, 9.17) is 9.47 Å². The van der Waals surface area contributed by atoms with Crippen LogP contribution in [0.25, 0.3) is 0 Å². The Morgan fingerprint density at radius 2 is 2.05 bits per heavy atom. The van der Waals surface area contributed by atoms with Crippen molar-refractivity contribution in [2.24, 2.45) is 0 Å². The van der Waals surface area contributed by atoms with Crippen LogP contribution in [-0.2, 0) is 16.0 Å². The normalized spacial score (nSPS) is 36.4. The second-order valence-corrected chi connectivity index (χ2v) is 5.77. The molecule has 3 rings (SSSR count). The largest absolute Gasteiger partial charge is 0.395 e. The van der Waals surface area contributed by atoms with Crippen molar-refractivity contribution in [2.45, 2.75) is 44.4 Å². The topological polar surface area (TPSA) is 41.7 Å². The van der Waals surface area contributed by atoms with E-state index in [2.05, 4.69) is 17.0 Å². The smallest absolute Gasteiger partial charge is 0.163 e. The maximum atomic E-state index is 9.48. The maximum absolute atomic E-state index is 9.48. The summed E-state index contributed by atoms with van der Waals surface area (Å²) in [6, 6.07) is 10.8. The van der Waals surface area contributed by atoms with Gasteiger partial charge in [0.25, 0.3) is 0 Å². The summed E-state index contributed by atoms with van der Waals surface area (Å²) in [4.78, 5) is 2.28. The highest BCUT2D eigenvalue weighted by atomic mass is 16.7. The van der Waals surface area contributed by atoms with E-state index in [0.29, 0.717) is 6.61 Å². The van der Waals surface area contributed by atoms with Gasteiger partial charge < -0.3 is 14.6 Å². The van der Waals surface area contributed by atoms with E-state index in [1.54, 1.807) is 0 Å². The monoisotopic (exact) mass is 263 g/mol. The molecule has 0 aromatic heterocycles. The molecule has 2 aliphatic rings. The average Bonchev–Trinajstić information content (AvgIpc) is 2.96. The molecule has 104 valence electrons. The number of nitrogens with zero attached hydrogens (tertiary/aromatic N) is 1. The van der Waals surface area contributed by atoms with Crippen molar-refractivity contribution in [2.75, 3.05) is 13.2 Å². The van der Waals surface area contributed by atoms with Gasteiger partial charge in [-0.1, -0.05) is 30.3 Å². The van der Waals surface area contributed by atoms with E-state index in [0.717, 1.165) is 6.54 Å². The van der Waals surface area contributed by atoms with Crippen molar-refractivity contribution >= 4 is 0 Å². The van der Waals surface area contributed by atoms with Crippen LogP contribution in [0.4, 0.5) is 0 Å². The molecule has 0 bridgehead atoms. The fraction of sp³-hybridized carbons (Fsp3) is 0.600. The molecule has 4 atom stereocenters. The van der Waals surface area contributed by atoms with Crippen molar-refractivity contribution in [3.63, 3.8) is 0 Å².